The Morgan fingerprint density at radius 1 is 1.00 bits per heavy atom. The van der Waals surface area contributed by atoms with E-state index in [0.29, 0.717) is 5.02 Å². The highest BCUT2D eigenvalue weighted by molar-refractivity contribution is 6.30. The quantitative estimate of drug-likeness (QED) is 0.761. The van der Waals surface area contributed by atoms with Crippen LogP contribution in [0.2, 0.25) is 5.02 Å². The van der Waals surface area contributed by atoms with Crippen molar-refractivity contribution < 1.29 is 9.53 Å². The SMILES string of the molecule is CC1C[C@@H](c2ccc(Cl)cc2)[C@@H](c2ccccc2)C(=O)O1. The summed E-state index contributed by atoms with van der Waals surface area (Å²) < 4.78 is 5.46. The molecule has 1 unspecified atom stereocenters. The van der Waals surface area contributed by atoms with Gasteiger partial charge in [-0.05, 0) is 36.6 Å². The van der Waals surface area contributed by atoms with Gasteiger partial charge in [0.2, 0.25) is 0 Å². The zero-order valence-corrected chi connectivity index (χ0v) is 12.6. The molecule has 0 spiro atoms. The van der Waals surface area contributed by atoms with Crippen molar-refractivity contribution in [3.63, 3.8) is 0 Å². The number of halogens is 1. The van der Waals surface area contributed by atoms with E-state index < -0.39 is 0 Å². The highest BCUT2D eigenvalue weighted by atomic mass is 35.5. The second-order valence-corrected chi connectivity index (χ2v) is 5.97. The maximum atomic E-state index is 12.4. The summed E-state index contributed by atoms with van der Waals surface area (Å²) in [6, 6.07) is 17.6. The number of benzene rings is 2. The Balaban J connectivity index is 2.01. The molecule has 2 aromatic carbocycles. The molecule has 0 N–H and O–H groups in total. The van der Waals surface area contributed by atoms with Crippen molar-refractivity contribution in [1.29, 1.82) is 0 Å². The topological polar surface area (TPSA) is 26.3 Å². The first-order chi connectivity index (χ1) is 10.1. The third-order valence-corrected chi connectivity index (χ3v) is 4.27. The van der Waals surface area contributed by atoms with E-state index >= 15 is 0 Å². The molecular formula is C18H17ClO2. The van der Waals surface area contributed by atoms with Crippen LogP contribution in [0.5, 0.6) is 0 Å². The van der Waals surface area contributed by atoms with E-state index in [4.69, 9.17) is 16.3 Å². The lowest BCUT2D eigenvalue weighted by Crippen LogP contribution is -2.34. The Bertz CT molecular complexity index is 621. The van der Waals surface area contributed by atoms with E-state index in [0.717, 1.165) is 17.5 Å². The molecule has 1 saturated heterocycles. The first-order valence-corrected chi connectivity index (χ1v) is 7.54. The van der Waals surface area contributed by atoms with Crippen LogP contribution in [0.3, 0.4) is 0 Å². The van der Waals surface area contributed by atoms with Crippen molar-refractivity contribution in [2.24, 2.45) is 0 Å². The summed E-state index contributed by atoms with van der Waals surface area (Å²) in [7, 11) is 0. The molecule has 1 aliphatic heterocycles. The molecule has 1 fully saturated rings. The number of cyclic esters (lactones) is 1. The summed E-state index contributed by atoms with van der Waals surface area (Å²) >= 11 is 5.97. The maximum absolute atomic E-state index is 12.4. The van der Waals surface area contributed by atoms with E-state index in [9.17, 15) is 4.79 Å². The summed E-state index contributed by atoms with van der Waals surface area (Å²) in [5, 5.41) is 0.710. The number of esters is 1. The number of rotatable bonds is 2. The van der Waals surface area contributed by atoms with Gasteiger partial charge in [-0.3, -0.25) is 4.79 Å². The normalized spacial score (nSPS) is 25.4. The minimum atomic E-state index is -0.247. The average Bonchev–Trinajstić information content (AvgIpc) is 2.48. The first kappa shape index (κ1) is 14.2. The number of carbonyl (C=O) groups excluding carboxylic acids is 1. The fraction of sp³-hybridized carbons (Fsp3) is 0.278. The van der Waals surface area contributed by atoms with E-state index in [2.05, 4.69) is 0 Å². The van der Waals surface area contributed by atoms with Crippen LogP contribution in [-0.4, -0.2) is 12.1 Å². The van der Waals surface area contributed by atoms with Gasteiger partial charge in [-0.15, -0.1) is 0 Å². The average molecular weight is 301 g/mol. The van der Waals surface area contributed by atoms with Crippen LogP contribution in [0.25, 0.3) is 0 Å². The van der Waals surface area contributed by atoms with Crippen molar-refractivity contribution in [3.05, 3.63) is 70.7 Å². The minimum absolute atomic E-state index is 0.0573. The van der Waals surface area contributed by atoms with Gasteiger partial charge in [-0.2, -0.15) is 0 Å². The lowest BCUT2D eigenvalue weighted by Gasteiger charge is -2.34. The summed E-state index contributed by atoms with van der Waals surface area (Å²) in [6.45, 7) is 1.95. The van der Waals surface area contributed by atoms with Gasteiger partial charge in [0.15, 0.2) is 0 Å². The fourth-order valence-corrected chi connectivity index (χ4v) is 3.17. The largest absolute Gasteiger partial charge is 0.462 e. The molecule has 1 heterocycles. The molecule has 3 heteroatoms. The van der Waals surface area contributed by atoms with Gasteiger partial charge in [-0.25, -0.2) is 0 Å². The smallest absolute Gasteiger partial charge is 0.314 e. The number of ether oxygens (including phenoxy) is 1. The van der Waals surface area contributed by atoms with Crippen molar-refractivity contribution in [3.8, 4) is 0 Å². The molecule has 2 nitrogen and oxygen atoms in total. The van der Waals surface area contributed by atoms with Crippen molar-refractivity contribution in [2.75, 3.05) is 0 Å². The number of carbonyl (C=O) groups is 1. The molecule has 0 aromatic heterocycles. The monoisotopic (exact) mass is 300 g/mol. The Morgan fingerprint density at radius 2 is 1.67 bits per heavy atom. The minimum Gasteiger partial charge on any atom is -0.462 e. The zero-order valence-electron chi connectivity index (χ0n) is 11.8. The highest BCUT2D eigenvalue weighted by Gasteiger charge is 2.38. The third-order valence-electron chi connectivity index (χ3n) is 4.02. The predicted molar refractivity (Wildman–Crippen MR) is 83.5 cm³/mol. The van der Waals surface area contributed by atoms with Crippen LogP contribution in [-0.2, 0) is 9.53 Å². The predicted octanol–water partition coefficient (Wildman–Crippen LogP) is 4.54. The number of hydrogen-bond donors (Lipinski definition) is 0. The highest BCUT2D eigenvalue weighted by Crippen LogP contribution is 2.41. The molecule has 0 saturated carbocycles. The lowest BCUT2D eigenvalue weighted by molar-refractivity contribution is -0.156. The summed E-state index contributed by atoms with van der Waals surface area (Å²) in [6.07, 6.45) is 0.769. The second kappa shape index (κ2) is 5.90. The van der Waals surface area contributed by atoms with Crippen molar-refractivity contribution in [2.45, 2.75) is 31.3 Å². The van der Waals surface area contributed by atoms with Crippen LogP contribution < -0.4 is 0 Å². The van der Waals surface area contributed by atoms with Crippen molar-refractivity contribution >= 4 is 17.6 Å². The van der Waals surface area contributed by atoms with Gasteiger partial charge in [0.05, 0.1) is 12.0 Å². The summed E-state index contributed by atoms with van der Waals surface area (Å²) in [5.41, 5.74) is 2.14. The zero-order chi connectivity index (χ0) is 14.8. The maximum Gasteiger partial charge on any atom is 0.314 e. The first-order valence-electron chi connectivity index (χ1n) is 7.16. The van der Waals surface area contributed by atoms with Crippen LogP contribution in [0.4, 0.5) is 0 Å². The van der Waals surface area contributed by atoms with Crippen LogP contribution >= 0.6 is 11.6 Å². The Labute approximate surface area is 129 Å². The lowest BCUT2D eigenvalue weighted by atomic mass is 9.77. The molecule has 0 radical (unpaired) electrons. The van der Waals surface area contributed by atoms with Crippen LogP contribution in [0, 0.1) is 0 Å². The standard InChI is InChI=1S/C18H17ClO2/c1-12-11-16(13-7-9-15(19)10-8-13)17(18(20)21-12)14-5-3-2-4-6-14/h2-10,12,16-17H,11H2,1H3/t12?,16-,17+/m0/s1. The van der Waals surface area contributed by atoms with Crippen LogP contribution in [0.15, 0.2) is 54.6 Å². The Morgan fingerprint density at radius 3 is 2.33 bits per heavy atom. The van der Waals surface area contributed by atoms with Gasteiger partial charge >= 0.3 is 5.97 Å². The summed E-state index contributed by atoms with van der Waals surface area (Å²) in [5.74, 6) is -0.260. The van der Waals surface area contributed by atoms with Crippen molar-refractivity contribution in [1.82, 2.24) is 0 Å². The van der Waals surface area contributed by atoms with Gasteiger partial charge < -0.3 is 4.74 Å². The Kier molecular flexibility index (Phi) is 3.98. The molecule has 1 aliphatic rings. The van der Waals surface area contributed by atoms with E-state index in [1.165, 1.54) is 0 Å². The van der Waals surface area contributed by atoms with Gasteiger partial charge in [-0.1, -0.05) is 54.1 Å². The summed E-state index contributed by atoms with van der Waals surface area (Å²) in [4.78, 5) is 12.4. The molecular weight excluding hydrogens is 284 g/mol. The fourth-order valence-electron chi connectivity index (χ4n) is 3.04. The Hall–Kier alpha value is -1.80. The molecule has 3 atom stereocenters. The van der Waals surface area contributed by atoms with E-state index in [-0.39, 0.29) is 23.9 Å². The molecule has 2 aromatic rings. The second-order valence-electron chi connectivity index (χ2n) is 5.53. The van der Waals surface area contributed by atoms with Gasteiger partial charge in [0, 0.05) is 10.9 Å². The van der Waals surface area contributed by atoms with E-state index in [1.54, 1.807) is 0 Å². The molecule has 3 rings (SSSR count). The molecule has 108 valence electrons. The molecule has 0 amide bonds. The molecule has 21 heavy (non-hydrogen) atoms. The molecule has 0 bridgehead atoms. The van der Waals surface area contributed by atoms with E-state index in [1.807, 2.05) is 61.5 Å². The third kappa shape index (κ3) is 2.96. The number of hydrogen-bond acceptors (Lipinski definition) is 2. The molecule has 0 aliphatic carbocycles. The van der Waals surface area contributed by atoms with Gasteiger partial charge in [0.25, 0.3) is 0 Å². The van der Waals surface area contributed by atoms with Crippen LogP contribution in [0.1, 0.15) is 36.3 Å². The van der Waals surface area contributed by atoms with Gasteiger partial charge in [0.1, 0.15) is 0 Å².